The summed E-state index contributed by atoms with van der Waals surface area (Å²) < 4.78 is 1.44. The molecule has 0 spiro atoms. The first-order valence-corrected chi connectivity index (χ1v) is 6.12. The first-order valence-electron chi connectivity index (χ1n) is 6.12. The van der Waals surface area contributed by atoms with E-state index in [9.17, 15) is 10.1 Å². The number of benzene rings is 1. The van der Waals surface area contributed by atoms with Crippen LogP contribution < -0.4 is 5.32 Å². The van der Waals surface area contributed by atoms with E-state index < -0.39 is 4.92 Å². The van der Waals surface area contributed by atoms with Gasteiger partial charge in [0.15, 0.2) is 0 Å². The molecule has 0 bridgehead atoms. The van der Waals surface area contributed by atoms with Gasteiger partial charge in [-0.2, -0.15) is 0 Å². The summed E-state index contributed by atoms with van der Waals surface area (Å²) in [7, 11) is 1.67. The first kappa shape index (κ1) is 13.1. The first-order chi connectivity index (χ1) is 9.16. The van der Waals surface area contributed by atoms with E-state index in [2.05, 4.69) is 22.5 Å². The minimum absolute atomic E-state index is 0.0159. The number of aromatic nitrogens is 2. The predicted molar refractivity (Wildman–Crippen MR) is 73.1 cm³/mol. The molecule has 0 amide bonds. The molecule has 6 heteroatoms. The number of hydrogen-bond acceptors (Lipinski definition) is 4. The Kier molecular flexibility index (Phi) is 4.12. The smallest absolute Gasteiger partial charge is 0.330 e. The minimum atomic E-state index is -0.424. The third kappa shape index (κ3) is 3.54. The van der Waals surface area contributed by atoms with E-state index in [-0.39, 0.29) is 5.69 Å². The van der Waals surface area contributed by atoms with Crippen molar-refractivity contribution in [1.82, 2.24) is 9.78 Å². The fraction of sp³-hybridized carbons (Fsp3) is 0.308. The number of rotatable bonds is 6. The molecule has 0 fully saturated rings. The Morgan fingerprint density at radius 1 is 1.37 bits per heavy atom. The molecule has 0 saturated carbocycles. The van der Waals surface area contributed by atoms with Crippen LogP contribution in [0.5, 0.6) is 0 Å². The zero-order valence-electron chi connectivity index (χ0n) is 10.7. The summed E-state index contributed by atoms with van der Waals surface area (Å²) in [6.07, 6.45) is 3.24. The lowest BCUT2D eigenvalue weighted by atomic mass is 10.1. The molecule has 1 aromatic heterocycles. The Morgan fingerprint density at radius 2 is 2.11 bits per heavy atom. The second-order valence-corrected chi connectivity index (χ2v) is 4.31. The average Bonchev–Trinajstić information content (AvgIpc) is 2.77. The quantitative estimate of drug-likeness (QED) is 0.491. The molecule has 6 nitrogen and oxygen atoms in total. The number of hydrogen-bond donors (Lipinski definition) is 1. The minimum Gasteiger partial charge on any atom is -0.363 e. The molecule has 2 rings (SSSR count). The summed E-state index contributed by atoms with van der Waals surface area (Å²) in [4.78, 5) is 10.4. The van der Waals surface area contributed by atoms with Gasteiger partial charge in [-0.25, -0.2) is 0 Å². The molecule has 1 heterocycles. The highest BCUT2D eigenvalue weighted by atomic mass is 16.6. The zero-order chi connectivity index (χ0) is 13.7. The Balaban J connectivity index is 1.84. The SMILES string of the molecule is Cn1cc([N+](=O)[O-])c(NCCCc2ccccc2)n1. The maximum Gasteiger partial charge on any atom is 0.330 e. The van der Waals surface area contributed by atoms with Crippen molar-refractivity contribution in [2.75, 3.05) is 11.9 Å². The van der Waals surface area contributed by atoms with Gasteiger partial charge in [-0.15, -0.1) is 5.10 Å². The van der Waals surface area contributed by atoms with Crippen LogP contribution in [0.2, 0.25) is 0 Å². The van der Waals surface area contributed by atoms with Crippen LogP contribution in [0.15, 0.2) is 36.5 Å². The maximum absolute atomic E-state index is 10.8. The number of aryl methyl sites for hydroxylation is 2. The fourth-order valence-electron chi connectivity index (χ4n) is 1.88. The molecule has 0 aliphatic carbocycles. The lowest BCUT2D eigenvalue weighted by Crippen LogP contribution is -2.05. The van der Waals surface area contributed by atoms with Crippen molar-refractivity contribution in [1.29, 1.82) is 0 Å². The van der Waals surface area contributed by atoms with Gasteiger partial charge < -0.3 is 5.32 Å². The Morgan fingerprint density at radius 3 is 2.79 bits per heavy atom. The van der Waals surface area contributed by atoms with Crippen LogP contribution in [0.1, 0.15) is 12.0 Å². The monoisotopic (exact) mass is 260 g/mol. The Labute approximate surface area is 111 Å². The summed E-state index contributed by atoms with van der Waals surface area (Å²) in [5.41, 5.74) is 1.28. The molecule has 0 saturated heterocycles. The standard InChI is InChI=1S/C13H16N4O2/c1-16-10-12(17(18)19)13(15-16)14-9-5-8-11-6-3-2-4-7-11/h2-4,6-7,10H,5,8-9H2,1H3,(H,14,15). The molecule has 0 unspecified atom stereocenters. The Hall–Kier alpha value is -2.37. The Bertz CT molecular complexity index is 551. The van der Waals surface area contributed by atoms with Crippen molar-refractivity contribution < 1.29 is 4.92 Å². The summed E-state index contributed by atoms with van der Waals surface area (Å²) in [5, 5.41) is 17.9. The highest BCUT2D eigenvalue weighted by molar-refractivity contribution is 5.54. The normalized spacial score (nSPS) is 10.4. The van der Waals surface area contributed by atoms with E-state index in [0.717, 1.165) is 12.8 Å². The largest absolute Gasteiger partial charge is 0.363 e. The summed E-state index contributed by atoms with van der Waals surface area (Å²) in [5.74, 6) is 0.334. The van der Waals surface area contributed by atoms with E-state index in [1.54, 1.807) is 7.05 Å². The number of anilines is 1. The van der Waals surface area contributed by atoms with Crippen molar-refractivity contribution in [2.24, 2.45) is 7.05 Å². The van der Waals surface area contributed by atoms with Crippen molar-refractivity contribution >= 4 is 11.5 Å². The van der Waals surface area contributed by atoms with Crippen molar-refractivity contribution in [2.45, 2.75) is 12.8 Å². The maximum atomic E-state index is 10.8. The summed E-state index contributed by atoms with van der Waals surface area (Å²) >= 11 is 0. The molecule has 0 aliphatic rings. The van der Waals surface area contributed by atoms with Crippen LogP contribution in [0, 0.1) is 10.1 Å². The molecule has 0 aliphatic heterocycles. The van der Waals surface area contributed by atoms with E-state index >= 15 is 0 Å². The van der Waals surface area contributed by atoms with Gasteiger partial charge in [0, 0.05) is 13.6 Å². The third-order valence-electron chi connectivity index (χ3n) is 2.78. The van der Waals surface area contributed by atoms with Gasteiger partial charge in [0.1, 0.15) is 6.20 Å². The molecular weight excluding hydrogens is 244 g/mol. The van der Waals surface area contributed by atoms with Gasteiger partial charge in [-0.3, -0.25) is 14.8 Å². The van der Waals surface area contributed by atoms with Crippen LogP contribution in [0.4, 0.5) is 11.5 Å². The van der Waals surface area contributed by atoms with Gasteiger partial charge in [0.05, 0.1) is 4.92 Å². The lowest BCUT2D eigenvalue weighted by Gasteiger charge is -2.03. The molecule has 0 atom stereocenters. The van der Waals surface area contributed by atoms with E-state index in [1.807, 2.05) is 18.2 Å². The second-order valence-electron chi connectivity index (χ2n) is 4.31. The second kappa shape index (κ2) is 5.99. The van der Waals surface area contributed by atoms with E-state index in [4.69, 9.17) is 0 Å². The molecule has 0 radical (unpaired) electrons. The van der Waals surface area contributed by atoms with Crippen molar-refractivity contribution in [3.63, 3.8) is 0 Å². The topological polar surface area (TPSA) is 73.0 Å². The highest BCUT2D eigenvalue weighted by Crippen LogP contribution is 2.21. The van der Waals surface area contributed by atoms with E-state index in [0.29, 0.717) is 12.4 Å². The van der Waals surface area contributed by atoms with Gasteiger partial charge in [0.2, 0.25) is 5.82 Å². The third-order valence-corrected chi connectivity index (χ3v) is 2.78. The fourth-order valence-corrected chi connectivity index (χ4v) is 1.88. The molecule has 2 aromatic rings. The van der Waals surface area contributed by atoms with Gasteiger partial charge in [-0.1, -0.05) is 30.3 Å². The predicted octanol–water partition coefficient (Wildman–Crippen LogP) is 2.37. The molecular formula is C13H16N4O2. The molecule has 1 N–H and O–H groups in total. The van der Waals surface area contributed by atoms with Crippen molar-refractivity contribution in [3.8, 4) is 0 Å². The zero-order valence-corrected chi connectivity index (χ0v) is 10.7. The van der Waals surface area contributed by atoms with Crippen LogP contribution in [-0.2, 0) is 13.5 Å². The van der Waals surface area contributed by atoms with Crippen LogP contribution in [0.3, 0.4) is 0 Å². The average molecular weight is 260 g/mol. The molecule has 1 aromatic carbocycles. The van der Waals surface area contributed by atoms with Gasteiger partial charge >= 0.3 is 5.69 Å². The molecule has 19 heavy (non-hydrogen) atoms. The van der Waals surface area contributed by atoms with Gasteiger partial charge in [-0.05, 0) is 18.4 Å². The van der Waals surface area contributed by atoms with E-state index in [1.165, 1.54) is 16.4 Å². The number of nitrogens with one attached hydrogen (secondary N) is 1. The highest BCUT2D eigenvalue weighted by Gasteiger charge is 2.17. The number of nitro groups is 1. The van der Waals surface area contributed by atoms with Crippen LogP contribution >= 0.6 is 0 Å². The van der Waals surface area contributed by atoms with Crippen molar-refractivity contribution in [3.05, 3.63) is 52.2 Å². The molecule has 100 valence electrons. The van der Waals surface area contributed by atoms with Crippen LogP contribution in [0.25, 0.3) is 0 Å². The summed E-state index contributed by atoms with van der Waals surface area (Å²) in [6.45, 7) is 0.659. The van der Waals surface area contributed by atoms with Crippen LogP contribution in [-0.4, -0.2) is 21.2 Å². The lowest BCUT2D eigenvalue weighted by molar-refractivity contribution is -0.384. The number of nitrogens with zero attached hydrogens (tertiary/aromatic N) is 3. The van der Waals surface area contributed by atoms with Gasteiger partial charge in [0.25, 0.3) is 0 Å². The summed E-state index contributed by atoms with van der Waals surface area (Å²) in [6, 6.07) is 10.1.